The van der Waals surface area contributed by atoms with Crippen LogP contribution in [0.5, 0.6) is 0 Å². The highest BCUT2D eigenvalue weighted by Crippen LogP contribution is 1.71. The van der Waals surface area contributed by atoms with E-state index < -0.39 is 5.97 Å². The van der Waals surface area contributed by atoms with Crippen LogP contribution in [0.4, 0.5) is 0 Å². The predicted octanol–water partition coefficient (Wildman–Crippen LogP) is -0.117. The molecule has 1 N–H and O–H groups in total. The summed E-state index contributed by atoms with van der Waals surface area (Å²) in [6.45, 7) is 1.95. The van der Waals surface area contributed by atoms with Crippen LogP contribution in [0.15, 0.2) is 0 Å². The van der Waals surface area contributed by atoms with E-state index >= 15 is 0 Å². The van der Waals surface area contributed by atoms with E-state index in [1.54, 1.807) is 12.8 Å². The van der Waals surface area contributed by atoms with Gasteiger partial charge in [-0.05, 0) is 6.92 Å². The Bertz CT molecular complexity index is 128. The summed E-state index contributed by atoms with van der Waals surface area (Å²) in [4.78, 5) is 10.1. The van der Waals surface area contributed by atoms with Gasteiger partial charge < -0.3 is 9.84 Å². The molecule has 0 saturated carbocycles. The number of esters is 1. The van der Waals surface area contributed by atoms with Gasteiger partial charge in [-0.2, -0.15) is 0 Å². The number of hydrogen-bond acceptors (Lipinski definition) is 3. The number of aliphatic hydroxyl groups is 1. The van der Waals surface area contributed by atoms with Gasteiger partial charge in [-0.1, -0.05) is 0 Å². The number of carbonyl (C=O) groups excluding carboxylic acids is 1. The summed E-state index contributed by atoms with van der Waals surface area (Å²) in [7, 11) is 0. The van der Waals surface area contributed by atoms with Crippen LogP contribution in [0.3, 0.4) is 0 Å². The highest BCUT2D eigenvalue weighted by Gasteiger charge is 1.89. The number of ether oxygens (including phenoxy) is 1. The van der Waals surface area contributed by atoms with Crippen molar-refractivity contribution in [1.29, 1.82) is 0 Å². The molecule has 0 spiro atoms. The molecule has 0 aliphatic heterocycles. The van der Waals surface area contributed by atoms with Gasteiger partial charge in [0.15, 0.2) is 0 Å². The van der Waals surface area contributed by atoms with Gasteiger partial charge in [-0.3, -0.25) is 0 Å². The van der Waals surface area contributed by atoms with Crippen molar-refractivity contribution >= 4 is 5.97 Å². The molecule has 0 rings (SSSR count). The van der Waals surface area contributed by atoms with Crippen molar-refractivity contribution in [3.8, 4) is 12.0 Å². The zero-order chi connectivity index (χ0) is 6.41. The van der Waals surface area contributed by atoms with E-state index in [1.165, 1.54) is 6.11 Å². The Morgan fingerprint density at radius 1 is 1.88 bits per heavy atom. The molecule has 0 heterocycles. The fourth-order valence-corrected chi connectivity index (χ4v) is 0.213. The molecule has 0 unspecified atom stereocenters. The largest absolute Gasteiger partial charge is 0.462 e. The highest BCUT2D eigenvalue weighted by atomic mass is 16.5. The lowest BCUT2D eigenvalue weighted by Crippen LogP contribution is -1.99. The Balaban J connectivity index is 3.44. The third kappa shape index (κ3) is 3.04. The van der Waals surface area contributed by atoms with Gasteiger partial charge >= 0.3 is 5.97 Å². The first-order valence-corrected chi connectivity index (χ1v) is 2.13. The lowest BCUT2D eigenvalue weighted by Gasteiger charge is -1.88. The molecule has 0 amide bonds. The molecule has 0 aromatic heterocycles. The minimum absolute atomic E-state index is 0.285. The molecule has 3 nitrogen and oxygen atoms in total. The maximum Gasteiger partial charge on any atom is 0.387 e. The minimum atomic E-state index is -0.699. The van der Waals surface area contributed by atoms with E-state index in [0.717, 1.165) is 0 Å². The first kappa shape index (κ1) is 6.83. The van der Waals surface area contributed by atoms with Gasteiger partial charge in [-0.15, -0.1) is 0 Å². The van der Waals surface area contributed by atoms with Crippen molar-refractivity contribution in [2.45, 2.75) is 6.92 Å². The van der Waals surface area contributed by atoms with Gasteiger partial charge in [0.05, 0.1) is 12.5 Å². The smallest absolute Gasteiger partial charge is 0.387 e. The Morgan fingerprint density at radius 2 is 2.50 bits per heavy atom. The lowest BCUT2D eigenvalue weighted by atomic mass is 10.7. The zero-order valence-electron chi connectivity index (χ0n) is 4.47. The van der Waals surface area contributed by atoms with Crippen LogP contribution in [-0.2, 0) is 9.53 Å². The Hall–Kier alpha value is -1.17. The lowest BCUT2D eigenvalue weighted by molar-refractivity contribution is -0.136. The van der Waals surface area contributed by atoms with E-state index in [4.69, 9.17) is 5.11 Å². The molecule has 0 aromatic rings. The molecule has 0 atom stereocenters. The summed E-state index contributed by atoms with van der Waals surface area (Å²) >= 11 is 0. The Kier molecular flexibility index (Phi) is 3.42. The van der Waals surface area contributed by atoms with Crippen molar-refractivity contribution < 1.29 is 14.6 Å². The van der Waals surface area contributed by atoms with E-state index in [1.807, 2.05) is 0 Å². The minimum Gasteiger partial charge on any atom is -0.462 e. The molecule has 0 radical (unpaired) electrons. The molecule has 0 saturated heterocycles. The molecule has 44 valence electrons. The van der Waals surface area contributed by atoms with E-state index in [0.29, 0.717) is 0 Å². The van der Waals surface area contributed by atoms with Gasteiger partial charge in [0.1, 0.15) is 6.11 Å². The number of rotatable bonds is 1. The van der Waals surface area contributed by atoms with E-state index in [2.05, 4.69) is 4.74 Å². The third-order valence-electron chi connectivity index (χ3n) is 0.433. The molecule has 8 heavy (non-hydrogen) atoms. The molecule has 0 bridgehead atoms. The van der Waals surface area contributed by atoms with Crippen LogP contribution in [0.2, 0.25) is 0 Å². The van der Waals surface area contributed by atoms with Crippen molar-refractivity contribution in [2.75, 3.05) is 6.61 Å². The molecular weight excluding hydrogens is 108 g/mol. The third-order valence-corrected chi connectivity index (χ3v) is 0.433. The van der Waals surface area contributed by atoms with Gasteiger partial charge in [0, 0.05) is 0 Å². The van der Waals surface area contributed by atoms with Crippen molar-refractivity contribution in [2.24, 2.45) is 0 Å². The SMILES string of the molecule is CCOC(=O)C#CO. The molecule has 0 aliphatic rings. The normalized spacial score (nSPS) is 6.62. The number of aliphatic hydroxyl groups excluding tert-OH is 1. The summed E-state index contributed by atoms with van der Waals surface area (Å²) in [5.74, 6) is 1.09. The molecule has 3 heteroatoms. The summed E-state index contributed by atoms with van der Waals surface area (Å²) < 4.78 is 4.31. The fourth-order valence-electron chi connectivity index (χ4n) is 0.213. The van der Waals surface area contributed by atoms with Crippen LogP contribution in [0.25, 0.3) is 0 Å². The van der Waals surface area contributed by atoms with Crippen molar-refractivity contribution in [3.63, 3.8) is 0 Å². The second-order valence-corrected chi connectivity index (χ2v) is 0.957. The highest BCUT2D eigenvalue weighted by molar-refractivity contribution is 5.87. The second kappa shape index (κ2) is 4.00. The van der Waals surface area contributed by atoms with Crippen LogP contribution in [-0.4, -0.2) is 17.7 Å². The average molecular weight is 114 g/mol. The van der Waals surface area contributed by atoms with Gasteiger partial charge in [0.2, 0.25) is 0 Å². The number of hydrogen-bond donors (Lipinski definition) is 1. The second-order valence-electron chi connectivity index (χ2n) is 0.957. The molecule has 0 aliphatic carbocycles. The fraction of sp³-hybridized carbons (Fsp3) is 0.400. The summed E-state index contributed by atoms with van der Waals surface area (Å²) in [5, 5.41) is 7.80. The molecule has 0 fully saturated rings. The predicted molar refractivity (Wildman–Crippen MR) is 26.3 cm³/mol. The topological polar surface area (TPSA) is 46.5 Å². The maximum absolute atomic E-state index is 10.1. The monoisotopic (exact) mass is 114 g/mol. The van der Waals surface area contributed by atoms with Crippen LogP contribution in [0, 0.1) is 12.0 Å². The van der Waals surface area contributed by atoms with E-state index in [-0.39, 0.29) is 6.61 Å². The summed E-state index contributed by atoms with van der Waals surface area (Å²) in [6, 6.07) is 0. The quantitative estimate of drug-likeness (QED) is 0.382. The van der Waals surface area contributed by atoms with Crippen molar-refractivity contribution in [3.05, 3.63) is 0 Å². The van der Waals surface area contributed by atoms with Crippen LogP contribution < -0.4 is 0 Å². The first-order valence-electron chi connectivity index (χ1n) is 2.13. The summed E-state index contributed by atoms with van der Waals surface area (Å²) in [6.07, 6.45) is 1.43. The molecule has 0 aromatic carbocycles. The zero-order valence-corrected chi connectivity index (χ0v) is 4.47. The van der Waals surface area contributed by atoms with E-state index in [9.17, 15) is 4.79 Å². The number of carbonyl (C=O) groups is 1. The van der Waals surface area contributed by atoms with Crippen molar-refractivity contribution in [1.82, 2.24) is 0 Å². The summed E-state index contributed by atoms with van der Waals surface area (Å²) in [5.41, 5.74) is 0. The van der Waals surface area contributed by atoms with Gasteiger partial charge in [-0.25, -0.2) is 4.79 Å². The van der Waals surface area contributed by atoms with Gasteiger partial charge in [0.25, 0.3) is 0 Å². The molecular formula is C5H6O3. The maximum atomic E-state index is 10.1. The Morgan fingerprint density at radius 3 is 2.88 bits per heavy atom. The van der Waals surface area contributed by atoms with Crippen LogP contribution >= 0.6 is 0 Å². The van der Waals surface area contributed by atoms with Crippen LogP contribution in [0.1, 0.15) is 6.92 Å². The average Bonchev–Trinajstić information content (AvgIpc) is 1.68. The first-order chi connectivity index (χ1) is 3.81. The standard InChI is InChI=1S/C5H6O3/c1-2-8-5(7)3-4-6/h6H,2H2,1H3. The Labute approximate surface area is 47.3 Å².